The molecule has 1 atom stereocenters. The Bertz CT molecular complexity index is 547. The summed E-state index contributed by atoms with van der Waals surface area (Å²) in [5.41, 5.74) is -3.50. The maximum Gasteiger partial charge on any atom is 1.00 e. The predicted octanol–water partition coefficient (Wildman–Crippen LogP) is 3.42. The normalized spacial score (nSPS) is 15.0. The maximum absolute atomic E-state index is 12.3. The summed E-state index contributed by atoms with van der Waals surface area (Å²) in [7, 11) is -7.84. The third-order valence-corrected chi connectivity index (χ3v) is 5.69. The Morgan fingerprint density at radius 2 is 0.900 bits per heavy atom. The summed E-state index contributed by atoms with van der Waals surface area (Å²) in [6.07, 6.45) is 0. The Hall–Kier alpha value is 2.15. The molecule has 8 nitrogen and oxygen atoms in total. The van der Waals surface area contributed by atoms with Gasteiger partial charge in [-0.15, -0.1) is 0 Å². The molecule has 0 fully saturated rings. The van der Waals surface area contributed by atoms with Crippen molar-refractivity contribution >= 4 is 27.2 Å². The molecule has 0 saturated heterocycles. The van der Waals surface area contributed by atoms with E-state index in [4.69, 9.17) is 34.2 Å². The molecule has 0 aliphatic rings. The standard InChI is InChI=1S/C10H22ClO4P.C8H19O4P.K/c1-8(11)13-16(12,14-9(2,3)4)15-10(5,6)7;1-7(2,3)11-13(9,10)12-8(4,5)6;/h8H,1-7H3;1-6H3,(H,9,10);/q;;+1/p-1. The van der Waals surface area contributed by atoms with Crippen molar-refractivity contribution in [3.05, 3.63) is 0 Å². The van der Waals surface area contributed by atoms with Crippen LogP contribution in [0.5, 0.6) is 0 Å². The Kier molecular flexibility index (Phi) is 16.3. The predicted molar refractivity (Wildman–Crippen MR) is 115 cm³/mol. The van der Waals surface area contributed by atoms with Gasteiger partial charge in [-0.05, 0) is 90.0 Å². The van der Waals surface area contributed by atoms with Crippen molar-refractivity contribution in [2.75, 3.05) is 0 Å². The molecule has 0 N–H and O–H groups in total. The fraction of sp³-hybridized carbons (Fsp3) is 1.00. The van der Waals surface area contributed by atoms with Crippen LogP contribution in [0, 0.1) is 0 Å². The summed E-state index contributed by atoms with van der Waals surface area (Å²) in [5.74, 6) is 0. The molecule has 0 spiro atoms. The molecule has 12 heteroatoms. The van der Waals surface area contributed by atoms with Gasteiger partial charge in [0.15, 0.2) is 0 Å². The number of phosphoric acid groups is 2. The van der Waals surface area contributed by atoms with Gasteiger partial charge in [0.05, 0.1) is 22.4 Å². The number of rotatable bonds is 6. The molecule has 0 bridgehead atoms. The Morgan fingerprint density at radius 1 is 0.667 bits per heavy atom. The Balaban J connectivity index is -0.000000480. The number of halogens is 1. The van der Waals surface area contributed by atoms with Crippen molar-refractivity contribution in [3.8, 4) is 0 Å². The first-order valence-electron chi connectivity index (χ1n) is 9.31. The van der Waals surface area contributed by atoms with Gasteiger partial charge >= 0.3 is 59.2 Å². The number of hydrogen-bond acceptors (Lipinski definition) is 8. The monoisotopic (exact) mass is 520 g/mol. The van der Waals surface area contributed by atoms with Gasteiger partial charge in [0.25, 0.3) is 7.82 Å². The van der Waals surface area contributed by atoms with Gasteiger partial charge in [0.2, 0.25) is 0 Å². The summed E-state index contributed by atoms with van der Waals surface area (Å²) in [6.45, 7) is 22.1. The van der Waals surface area contributed by atoms with Crippen molar-refractivity contribution in [2.24, 2.45) is 0 Å². The fourth-order valence-corrected chi connectivity index (χ4v) is 5.09. The van der Waals surface area contributed by atoms with Crippen molar-refractivity contribution in [2.45, 2.75) is 118 Å². The third-order valence-electron chi connectivity index (χ3n) is 1.82. The molecular weight excluding hydrogens is 481 g/mol. The van der Waals surface area contributed by atoms with Crippen LogP contribution < -0.4 is 56.3 Å². The smallest absolute Gasteiger partial charge is 0.756 e. The summed E-state index contributed by atoms with van der Waals surface area (Å²) in [6, 6.07) is 0. The van der Waals surface area contributed by atoms with Crippen LogP contribution in [0.1, 0.15) is 90.0 Å². The zero-order valence-electron chi connectivity index (χ0n) is 21.1. The van der Waals surface area contributed by atoms with E-state index in [1.54, 1.807) is 90.0 Å². The van der Waals surface area contributed by atoms with E-state index in [2.05, 4.69) is 0 Å². The Morgan fingerprint density at radius 3 is 1.07 bits per heavy atom. The van der Waals surface area contributed by atoms with Gasteiger partial charge in [0.1, 0.15) is 5.56 Å². The van der Waals surface area contributed by atoms with Crippen molar-refractivity contribution in [1.82, 2.24) is 0 Å². The topological polar surface area (TPSA) is 103 Å². The van der Waals surface area contributed by atoms with E-state index < -0.39 is 43.6 Å². The second-order valence-corrected chi connectivity index (χ2v) is 13.7. The summed E-state index contributed by atoms with van der Waals surface area (Å²) in [4.78, 5) is 11.2. The zero-order valence-corrected chi connectivity index (χ0v) is 26.8. The number of hydrogen-bond donors (Lipinski definition) is 0. The van der Waals surface area contributed by atoms with Gasteiger partial charge in [-0.1, -0.05) is 11.6 Å². The molecule has 0 aliphatic carbocycles. The molecule has 0 amide bonds. The van der Waals surface area contributed by atoms with Gasteiger partial charge in [0, 0.05) is 0 Å². The molecule has 0 radical (unpaired) electrons. The molecule has 0 rings (SSSR count). The first-order valence-corrected chi connectivity index (χ1v) is 12.7. The minimum atomic E-state index is -4.19. The molecule has 0 aromatic carbocycles. The summed E-state index contributed by atoms with van der Waals surface area (Å²) in [5, 5.41) is 0. The van der Waals surface area contributed by atoms with Gasteiger partial charge in [-0.25, -0.2) is 4.57 Å². The quantitative estimate of drug-likeness (QED) is 0.298. The van der Waals surface area contributed by atoms with E-state index in [1.807, 2.05) is 0 Å². The third kappa shape index (κ3) is 26.4. The minimum absolute atomic E-state index is 0. The van der Waals surface area contributed by atoms with Crippen LogP contribution >= 0.6 is 27.2 Å². The largest absolute Gasteiger partial charge is 1.00 e. The van der Waals surface area contributed by atoms with E-state index in [-0.39, 0.29) is 51.4 Å². The molecule has 1 unspecified atom stereocenters. The summed E-state index contributed by atoms with van der Waals surface area (Å²) < 4.78 is 48.9. The molecular formula is C18H40ClKO8P2. The Labute approximate surface area is 231 Å². The van der Waals surface area contributed by atoms with E-state index in [9.17, 15) is 14.0 Å². The number of phosphoric ester groups is 2. The van der Waals surface area contributed by atoms with E-state index in [0.717, 1.165) is 0 Å². The molecule has 0 aliphatic heterocycles. The van der Waals surface area contributed by atoms with E-state index in [0.29, 0.717) is 0 Å². The van der Waals surface area contributed by atoms with Crippen LogP contribution in [0.2, 0.25) is 0 Å². The van der Waals surface area contributed by atoms with E-state index in [1.165, 1.54) is 0 Å². The SMILES string of the molecule is CC(C)(C)OP(=O)([O-])OC(C)(C)C.CC(Cl)OP(=O)(OC(C)(C)C)OC(C)(C)C.[K+]. The van der Waals surface area contributed by atoms with Crippen molar-refractivity contribution in [1.29, 1.82) is 0 Å². The van der Waals surface area contributed by atoms with Crippen LogP contribution in [0.3, 0.4) is 0 Å². The molecule has 0 aromatic heterocycles. The molecule has 0 saturated carbocycles. The molecule has 30 heavy (non-hydrogen) atoms. The van der Waals surface area contributed by atoms with Gasteiger partial charge in [-0.3, -0.25) is 18.1 Å². The maximum atomic E-state index is 12.3. The average molecular weight is 521 g/mol. The number of alkyl halides is 1. The van der Waals surface area contributed by atoms with Crippen molar-refractivity contribution in [3.63, 3.8) is 0 Å². The molecule has 0 heterocycles. The van der Waals surface area contributed by atoms with Crippen LogP contribution in [-0.2, 0) is 31.7 Å². The van der Waals surface area contributed by atoms with Crippen LogP contribution in [0.4, 0.5) is 0 Å². The molecule has 0 aromatic rings. The zero-order chi connectivity index (χ0) is 24.1. The van der Waals surface area contributed by atoms with Gasteiger partial charge < -0.3 is 13.9 Å². The first kappa shape index (κ1) is 36.7. The first-order chi connectivity index (χ1) is 12.2. The minimum Gasteiger partial charge on any atom is -0.756 e. The second-order valence-electron chi connectivity index (χ2n) is 10.4. The summed E-state index contributed by atoms with van der Waals surface area (Å²) >= 11 is 5.67. The van der Waals surface area contributed by atoms with Crippen LogP contribution in [-0.4, -0.2) is 28.0 Å². The fourth-order valence-electron chi connectivity index (χ4n) is 1.60. The average Bonchev–Trinajstić information content (AvgIpc) is 2.11. The van der Waals surface area contributed by atoms with E-state index >= 15 is 0 Å². The second kappa shape index (κ2) is 13.3. The van der Waals surface area contributed by atoms with Crippen LogP contribution in [0.25, 0.3) is 0 Å². The van der Waals surface area contributed by atoms with Gasteiger partial charge in [-0.2, -0.15) is 0 Å². The molecule has 178 valence electrons. The van der Waals surface area contributed by atoms with Crippen molar-refractivity contribution < 1.29 is 88.0 Å². The van der Waals surface area contributed by atoms with Crippen LogP contribution in [0.15, 0.2) is 0 Å².